The lowest BCUT2D eigenvalue weighted by molar-refractivity contribution is 1.58. The minimum Gasteiger partial charge on any atom is -0.0623 e. The van der Waals surface area contributed by atoms with Gasteiger partial charge in [0.25, 0.3) is 0 Å². The first-order valence-corrected chi connectivity index (χ1v) is 21.4. The van der Waals surface area contributed by atoms with E-state index in [-0.39, 0.29) is 24.2 Å². The predicted molar refractivity (Wildman–Crippen MR) is 247 cm³/mol. The van der Waals surface area contributed by atoms with Crippen molar-refractivity contribution in [3.63, 3.8) is 0 Å². The lowest BCUT2D eigenvalue weighted by atomic mass is 9.81. The molecule has 0 aliphatic rings. The molecule has 10 rings (SSSR count). The van der Waals surface area contributed by atoms with Gasteiger partial charge in [-0.15, -0.1) is 0 Å². The van der Waals surface area contributed by atoms with Crippen LogP contribution < -0.4 is 20.7 Å². The molecule has 0 saturated heterocycles. The summed E-state index contributed by atoms with van der Waals surface area (Å²) in [5.41, 5.74) is 7.42. The molecule has 0 saturated carbocycles. The van der Waals surface area contributed by atoms with Crippen LogP contribution in [-0.2, 0) is 0 Å². The van der Waals surface area contributed by atoms with Gasteiger partial charge in [0, 0.05) is 0 Å². The van der Waals surface area contributed by atoms with E-state index in [9.17, 15) is 2.74 Å². The molecule has 0 atom stereocenters. The second-order valence-corrected chi connectivity index (χ2v) is 18.2. The molecule has 0 N–H and O–H groups in total. The van der Waals surface area contributed by atoms with Gasteiger partial charge in [0.15, 0.2) is 8.07 Å². The summed E-state index contributed by atoms with van der Waals surface area (Å²) >= 11 is 0. The minimum absolute atomic E-state index is 0.0536. The zero-order valence-corrected chi connectivity index (χ0v) is 32.3. The van der Waals surface area contributed by atoms with Crippen LogP contribution in [0.25, 0.3) is 66.1 Å². The van der Waals surface area contributed by atoms with Crippen LogP contribution in [0.4, 0.5) is 0 Å². The molecule has 0 bridgehead atoms. The van der Waals surface area contributed by atoms with Crippen molar-refractivity contribution >= 4 is 50.4 Å². The van der Waals surface area contributed by atoms with Gasteiger partial charge >= 0.3 is 0 Å². The maximum absolute atomic E-state index is 9.72. The summed E-state index contributed by atoms with van der Waals surface area (Å²) in [6, 6.07) is 76.0. The van der Waals surface area contributed by atoms with E-state index in [1.54, 1.807) is 0 Å². The smallest absolute Gasteiger partial charge is 0.0623 e. The molecule has 10 aromatic carbocycles. The van der Waals surface area contributed by atoms with Crippen LogP contribution in [0.15, 0.2) is 243 Å². The molecule has 0 aliphatic carbocycles. The first kappa shape index (κ1) is 30.2. The van der Waals surface area contributed by atoms with Crippen LogP contribution in [0.2, 0.25) is 0 Å². The number of hydrogen-bond acceptors (Lipinski definition) is 0. The number of fused-ring (bicyclic) bond motifs is 2. The highest BCUT2D eigenvalue weighted by Gasteiger charge is 2.41. The van der Waals surface area contributed by atoms with Crippen LogP contribution in [-0.4, -0.2) is 8.07 Å². The number of rotatable bonds is 8. The molecule has 0 aromatic heterocycles. The Morgan fingerprint density at radius 2 is 0.632 bits per heavy atom. The van der Waals surface area contributed by atoms with Crippen LogP contribution in [0.5, 0.6) is 0 Å². The Morgan fingerprint density at radius 1 is 0.263 bits per heavy atom. The topological polar surface area (TPSA) is 0 Å². The third-order valence-electron chi connectivity index (χ3n) is 11.4. The lowest BCUT2D eigenvalue weighted by Crippen LogP contribution is -2.74. The molecule has 10 aromatic rings. The summed E-state index contributed by atoms with van der Waals surface area (Å²) in [5, 5.41) is 7.90. The van der Waals surface area contributed by atoms with Gasteiger partial charge in [-0.1, -0.05) is 243 Å². The van der Waals surface area contributed by atoms with E-state index in [0.717, 1.165) is 55.3 Å². The normalized spacial score (nSPS) is 12.5. The molecule has 0 unspecified atom stereocenters. The van der Waals surface area contributed by atoms with Crippen molar-refractivity contribution in [2.45, 2.75) is 0 Å². The van der Waals surface area contributed by atoms with Crippen molar-refractivity contribution < 1.29 is 5.48 Å². The van der Waals surface area contributed by atoms with Crippen molar-refractivity contribution in [2.24, 2.45) is 0 Å². The van der Waals surface area contributed by atoms with Crippen LogP contribution >= 0.6 is 0 Å². The highest BCUT2D eigenvalue weighted by atomic mass is 28.3. The highest BCUT2D eigenvalue weighted by molar-refractivity contribution is 7.19. The first-order chi connectivity index (χ1) is 30.0. The van der Waals surface area contributed by atoms with Gasteiger partial charge in [-0.25, -0.2) is 0 Å². The van der Waals surface area contributed by atoms with E-state index >= 15 is 0 Å². The van der Waals surface area contributed by atoms with Crippen molar-refractivity contribution in [3.05, 3.63) is 243 Å². The fourth-order valence-corrected chi connectivity index (χ4v) is 13.7. The summed E-state index contributed by atoms with van der Waals surface area (Å²) < 4.78 is 37.6. The van der Waals surface area contributed by atoms with Gasteiger partial charge in [0.1, 0.15) is 0 Å². The summed E-state index contributed by atoms with van der Waals surface area (Å²) in [4.78, 5) is 0. The van der Waals surface area contributed by atoms with Gasteiger partial charge in [-0.05, 0) is 86.8 Å². The zero-order valence-electron chi connectivity index (χ0n) is 35.3. The third-order valence-corrected chi connectivity index (χ3v) is 16.2. The summed E-state index contributed by atoms with van der Waals surface area (Å²) in [6.45, 7) is 0. The summed E-state index contributed by atoms with van der Waals surface area (Å²) in [7, 11) is -2.82. The van der Waals surface area contributed by atoms with Crippen molar-refractivity contribution in [1.82, 2.24) is 0 Å². The Balaban J connectivity index is 1.31. The Morgan fingerprint density at radius 3 is 1.09 bits per heavy atom. The van der Waals surface area contributed by atoms with E-state index in [2.05, 4.69) is 170 Å². The Kier molecular flexibility index (Phi) is 7.88. The Bertz CT molecular complexity index is 3040. The zero-order chi connectivity index (χ0) is 41.5. The maximum atomic E-state index is 9.72. The second-order valence-electron chi connectivity index (χ2n) is 14.4. The third kappa shape index (κ3) is 5.92. The molecular weight excluding hydrogens is 701 g/mol. The van der Waals surface area contributed by atoms with Crippen molar-refractivity contribution in [2.75, 3.05) is 0 Å². The molecule has 0 fully saturated rings. The predicted octanol–water partition coefficient (Wildman–Crippen LogP) is 12.0. The SMILES string of the molecule is [2H]c1c([2H])c([2H])c2c(-c3c(-c4ccccc4)cccc3-c3ccccc3)c3ccccc3c(-c3ccc([Si](c4ccccc4)(c4ccccc4)c4ccccc4)cc3)c2c1[2H]. The molecule has 1 heteroatoms. The fraction of sp³-hybridized carbons (Fsp3) is 0. The van der Waals surface area contributed by atoms with Crippen molar-refractivity contribution in [3.8, 4) is 44.5 Å². The van der Waals surface area contributed by atoms with Gasteiger partial charge in [-0.2, -0.15) is 0 Å². The largest absolute Gasteiger partial charge is 0.179 e. The maximum Gasteiger partial charge on any atom is 0.179 e. The lowest BCUT2D eigenvalue weighted by Gasteiger charge is -2.34. The minimum atomic E-state index is -2.82. The quantitative estimate of drug-likeness (QED) is 0.0826. The molecule has 0 amide bonds. The van der Waals surface area contributed by atoms with E-state index in [0.29, 0.717) is 10.8 Å². The van der Waals surface area contributed by atoms with E-state index in [1.165, 1.54) is 20.7 Å². The highest BCUT2D eigenvalue weighted by Crippen LogP contribution is 2.49. The Hall–Kier alpha value is -7.06. The molecular formula is C56H40Si. The average Bonchev–Trinajstić information content (AvgIpc) is 3.34. The fourth-order valence-electron chi connectivity index (χ4n) is 8.93. The molecule has 57 heavy (non-hydrogen) atoms. The first-order valence-electron chi connectivity index (χ1n) is 21.4. The molecule has 0 spiro atoms. The van der Waals surface area contributed by atoms with E-state index < -0.39 is 8.07 Å². The molecule has 0 heterocycles. The van der Waals surface area contributed by atoms with E-state index in [1.807, 2.05) is 48.5 Å². The standard InChI is InChI=1S/C56H40Si/c1-6-21-41(22-7-1)48-35-20-36-49(42-23-8-2-9-24-42)55(48)56-52-33-18-16-31-50(52)54(51-32-17-19-34-53(51)56)43-37-39-47(40-38-43)57(44-25-10-3-11-26-44,45-27-12-4-13-28-45)46-29-14-5-15-30-46/h1-40H/i16D,18D,31D,33D. The van der Waals surface area contributed by atoms with Gasteiger partial charge in [-0.3, -0.25) is 0 Å². The monoisotopic (exact) mass is 744 g/mol. The molecule has 0 nitrogen and oxygen atoms in total. The van der Waals surface area contributed by atoms with Gasteiger partial charge in [0.2, 0.25) is 0 Å². The van der Waals surface area contributed by atoms with Crippen LogP contribution in [0.3, 0.4) is 0 Å². The van der Waals surface area contributed by atoms with Crippen LogP contribution in [0.1, 0.15) is 5.48 Å². The van der Waals surface area contributed by atoms with E-state index in [4.69, 9.17) is 2.74 Å². The van der Waals surface area contributed by atoms with Gasteiger partial charge < -0.3 is 0 Å². The van der Waals surface area contributed by atoms with Gasteiger partial charge in [0.05, 0.1) is 5.48 Å². The molecule has 0 aliphatic heterocycles. The van der Waals surface area contributed by atoms with Crippen molar-refractivity contribution in [1.29, 1.82) is 0 Å². The summed E-state index contributed by atoms with van der Waals surface area (Å²) in [5.74, 6) is 0. The summed E-state index contributed by atoms with van der Waals surface area (Å²) in [6.07, 6.45) is 0. The van der Waals surface area contributed by atoms with Crippen LogP contribution in [0, 0.1) is 0 Å². The Labute approximate surface area is 341 Å². The average molecular weight is 745 g/mol. The second kappa shape index (κ2) is 14.9. The number of hydrogen-bond donors (Lipinski definition) is 0. The number of benzene rings is 10. The molecule has 0 radical (unpaired) electrons. The molecule has 268 valence electrons.